The van der Waals surface area contributed by atoms with Crippen molar-refractivity contribution in [2.24, 2.45) is 0 Å². The Labute approximate surface area is 152 Å². The minimum atomic E-state index is 0.0672. The van der Waals surface area contributed by atoms with E-state index in [2.05, 4.69) is 28.0 Å². The van der Waals surface area contributed by atoms with Crippen molar-refractivity contribution in [1.82, 2.24) is 15.0 Å². The number of phenolic OH excluding ortho intramolecular Hbond substituents is 1. The summed E-state index contributed by atoms with van der Waals surface area (Å²) in [6.07, 6.45) is 3.19. The van der Waals surface area contributed by atoms with Gasteiger partial charge in [0.1, 0.15) is 5.75 Å². The minimum absolute atomic E-state index is 0.0672. The number of nitrogens with zero attached hydrogens (tertiary/aromatic N) is 3. The molecule has 1 aliphatic rings. The SMILES string of the molecule is C[C@H](c1nc(-c2ccccc2)no1)N1CC=C(c2ccc(O)cc2)CC1. The lowest BCUT2D eigenvalue weighted by molar-refractivity contribution is 0.189. The van der Waals surface area contributed by atoms with Crippen molar-refractivity contribution in [2.45, 2.75) is 19.4 Å². The molecule has 1 aliphatic heterocycles. The predicted octanol–water partition coefficient (Wildman–Crippen LogP) is 4.29. The molecule has 0 fully saturated rings. The van der Waals surface area contributed by atoms with Gasteiger partial charge in [0.2, 0.25) is 11.7 Å². The lowest BCUT2D eigenvalue weighted by atomic mass is 9.98. The first-order valence-corrected chi connectivity index (χ1v) is 8.82. The van der Waals surface area contributed by atoms with Crippen molar-refractivity contribution in [3.63, 3.8) is 0 Å². The Morgan fingerprint density at radius 3 is 2.50 bits per heavy atom. The van der Waals surface area contributed by atoms with Crippen molar-refractivity contribution in [2.75, 3.05) is 13.1 Å². The van der Waals surface area contributed by atoms with Gasteiger partial charge >= 0.3 is 0 Å². The largest absolute Gasteiger partial charge is 0.508 e. The summed E-state index contributed by atoms with van der Waals surface area (Å²) >= 11 is 0. The summed E-state index contributed by atoms with van der Waals surface area (Å²) < 4.78 is 5.51. The molecule has 4 rings (SSSR count). The number of benzene rings is 2. The first-order valence-electron chi connectivity index (χ1n) is 8.82. The van der Waals surface area contributed by atoms with Gasteiger partial charge in [-0.15, -0.1) is 0 Å². The molecule has 2 aromatic carbocycles. The zero-order chi connectivity index (χ0) is 17.9. The molecule has 3 aromatic rings. The second-order valence-corrected chi connectivity index (χ2v) is 6.52. The Hall–Kier alpha value is -2.92. The van der Waals surface area contributed by atoms with E-state index in [1.165, 1.54) is 11.1 Å². The maximum absolute atomic E-state index is 9.43. The number of phenols is 1. The molecule has 0 saturated carbocycles. The van der Waals surface area contributed by atoms with Gasteiger partial charge in [0.25, 0.3) is 0 Å². The molecule has 0 saturated heterocycles. The highest BCUT2D eigenvalue weighted by atomic mass is 16.5. The number of hydrogen-bond acceptors (Lipinski definition) is 5. The summed E-state index contributed by atoms with van der Waals surface area (Å²) in [6, 6.07) is 17.3. The van der Waals surface area contributed by atoms with Crippen LogP contribution in [-0.2, 0) is 0 Å². The molecule has 0 bridgehead atoms. The highest BCUT2D eigenvalue weighted by Gasteiger charge is 2.24. The molecule has 5 nitrogen and oxygen atoms in total. The fraction of sp³-hybridized carbons (Fsp3) is 0.238. The van der Waals surface area contributed by atoms with E-state index >= 15 is 0 Å². The summed E-state index contributed by atoms with van der Waals surface area (Å²) in [6.45, 7) is 3.86. The van der Waals surface area contributed by atoms with E-state index in [0.29, 0.717) is 17.5 Å². The highest BCUT2D eigenvalue weighted by Crippen LogP contribution is 2.29. The summed E-state index contributed by atoms with van der Waals surface area (Å²) in [5.41, 5.74) is 3.44. The van der Waals surface area contributed by atoms with Crippen LogP contribution in [0.5, 0.6) is 5.75 Å². The second-order valence-electron chi connectivity index (χ2n) is 6.52. The van der Waals surface area contributed by atoms with E-state index in [4.69, 9.17) is 4.52 Å². The van der Waals surface area contributed by atoms with E-state index in [1.807, 2.05) is 42.5 Å². The monoisotopic (exact) mass is 347 g/mol. The Morgan fingerprint density at radius 2 is 1.81 bits per heavy atom. The van der Waals surface area contributed by atoms with Gasteiger partial charge in [0, 0.05) is 18.7 Å². The van der Waals surface area contributed by atoms with E-state index < -0.39 is 0 Å². The Morgan fingerprint density at radius 1 is 1.04 bits per heavy atom. The van der Waals surface area contributed by atoms with Crippen LogP contribution in [0.15, 0.2) is 65.2 Å². The van der Waals surface area contributed by atoms with E-state index in [0.717, 1.165) is 25.1 Å². The average Bonchev–Trinajstić information content (AvgIpc) is 3.19. The standard InChI is InChI=1S/C21H21N3O2/c1-15(21-22-20(23-26-21)18-5-3-2-4-6-18)24-13-11-17(12-14-24)16-7-9-19(25)10-8-16/h2-11,15,25H,12-14H2,1H3/t15-/m1/s1. The van der Waals surface area contributed by atoms with Gasteiger partial charge in [-0.05, 0) is 36.6 Å². The smallest absolute Gasteiger partial charge is 0.244 e. The van der Waals surface area contributed by atoms with Crippen LogP contribution in [0.3, 0.4) is 0 Å². The second kappa shape index (κ2) is 7.14. The van der Waals surface area contributed by atoms with Gasteiger partial charge in [-0.3, -0.25) is 4.90 Å². The average molecular weight is 347 g/mol. The first kappa shape index (κ1) is 16.5. The number of hydrogen-bond donors (Lipinski definition) is 1. The van der Waals surface area contributed by atoms with Gasteiger partial charge in [0.15, 0.2) is 0 Å². The molecule has 132 valence electrons. The molecule has 0 aliphatic carbocycles. The summed E-state index contributed by atoms with van der Waals surface area (Å²) in [5, 5.41) is 13.6. The number of aromatic hydroxyl groups is 1. The number of rotatable bonds is 4. The van der Waals surface area contributed by atoms with Crippen LogP contribution in [0.2, 0.25) is 0 Å². The van der Waals surface area contributed by atoms with E-state index in [1.54, 1.807) is 12.1 Å². The molecule has 1 aromatic heterocycles. The lowest BCUT2D eigenvalue weighted by Crippen LogP contribution is -2.31. The minimum Gasteiger partial charge on any atom is -0.508 e. The molecule has 26 heavy (non-hydrogen) atoms. The molecule has 0 amide bonds. The fourth-order valence-corrected chi connectivity index (χ4v) is 3.24. The van der Waals surface area contributed by atoms with Crippen LogP contribution in [0.1, 0.15) is 30.8 Å². The normalized spacial score (nSPS) is 16.3. The molecular weight excluding hydrogens is 326 g/mol. The van der Waals surface area contributed by atoms with Crippen molar-refractivity contribution in [1.29, 1.82) is 0 Å². The van der Waals surface area contributed by atoms with E-state index in [-0.39, 0.29) is 6.04 Å². The third-order valence-corrected chi connectivity index (χ3v) is 4.86. The molecule has 1 N–H and O–H groups in total. The molecule has 1 atom stereocenters. The zero-order valence-corrected chi connectivity index (χ0v) is 14.7. The van der Waals surface area contributed by atoms with E-state index in [9.17, 15) is 5.11 Å². The molecule has 0 unspecified atom stereocenters. The summed E-state index contributed by atoms with van der Waals surface area (Å²) in [7, 11) is 0. The maximum atomic E-state index is 9.43. The van der Waals surface area contributed by atoms with Gasteiger partial charge in [-0.2, -0.15) is 4.98 Å². The third-order valence-electron chi connectivity index (χ3n) is 4.86. The number of aromatic nitrogens is 2. The Balaban J connectivity index is 1.46. The molecule has 0 radical (unpaired) electrons. The molecule has 2 heterocycles. The van der Waals surface area contributed by atoms with Gasteiger partial charge in [-0.25, -0.2) is 0 Å². The fourth-order valence-electron chi connectivity index (χ4n) is 3.24. The zero-order valence-electron chi connectivity index (χ0n) is 14.7. The van der Waals surface area contributed by atoms with Crippen LogP contribution in [0.25, 0.3) is 17.0 Å². The topological polar surface area (TPSA) is 62.4 Å². The first-order chi connectivity index (χ1) is 12.7. The predicted molar refractivity (Wildman–Crippen MR) is 100 cm³/mol. The van der Waals surface area contributed by atoms with Crippen molar-refractivity contribution >= 4 is 5.57 Å². The Bertz CT molecular complexity index is 901. The van der Waals surface area contributed by atoms with Crippen molar-refractivity contribution < 1.29 is 9.63 Å². The van der Waals surface area contributed by atoms with Crippen LogP contribution in [-0.4, -0.2) is 33.2 Å². The van der Waals surface area contributed by atoms with Crippen LogP contribution in [0.4, 0.5) is 0 Å². The third kappa shape index (κ3) is 3.39. The maximum Gasteiger partial charge on any atom is 0.244 e. The van der Waals surface area contributed by atoms with Crippen molar-refractivity contribution in [3.8, 4) is 17.1 Å². The summed E-state index contributed by atoms with van der Waals surface area (Å²) in [4.78, 5) is 6.90. The highest BCUT2D eigenvalue weighted by molar-refractivity contribution is 5.67. The van der Waals surface area contributed by atoms with Crippen molar-refractivity contribution in [3.05, 3.63) is 72.1 Å². The molecule has 0 spiro atoms. The van der Waals surface area contributed by atoms with Gasteiger partial charge < -0.3 is 9.63 Å². The van der Waals surface area contributed by atoms with Gasteiger partial charge in [-0.1, -0.05) is 53.7 Å². The van der Waals surface area contributed by atoms with Gasteiger partial charge in [0.05, 0.1) is 6.04 Å². The van der Waals surface area contributed by atoms with Crippen LogP contribution < -0.4 is 0 Å². The Kier molecular flexibility index (Phi) is 4.54. The quantitative estimate of drug-likeness (QED) is 0.763. The molecule has 5 heteroatoms. The lowest BCUT2D eigenvalue weighted by Gasteiger charge is -2.29. The summed E-state index contributed by atoms with van der Waals surface area (Å²) in [5.74, 6) is 1.57. The molecular formula is C21H21N3O2. The van der Waals surface area contributed by atoms with Crippen LogP contribution in [0, 0.1) is 0 Å². The van der Waals surface area contributed by atoms with Crippen LogP contribution >= 0.6 is 0 Å².